The van der Waals surface area contributed by atoms with Gasteiger partial charge in [-0.3, -0.25) is 0 Å². The first kappa shape index (κ1) is 28.8. The maximum Gasteiger partial charge on any atom is 0.407 e. The van der Waals surface area contributed by atoms with Crippen LogP contribution in [-0.2, 0) is 41.6 Å². The number of hydrogen-bond acceptors (Lipinski definition) is 8. The van der Waals surface area contributed by atoms with Gasteiger partial charge in [0.1, 0.15) is 36.7 Å². The van der Waals surface area contributed by atoms with E-state index in [2.05, 4.69) is 11.9 Å². The Bertz CT molecular complexity index is 1260. The van der Waals surface area contributed by atoms with E-state index in [1.807, 2.05) is 84.9 Å². The minimum Gasteiger partial charge on any atom is -0.496 e. The van der Waals surface area contributed by atoms with Gasteiger partial charge in [-0.2, -0.15) is 0 Å². The molecule has 0 saturated carbocycles. The van der Waals surface area contributed by atoms with Gasteiger partial charge in [0.2, 0.25) is 0 Å². The zero-order valence-corrected chi connectivity index (χ0v) is 22.9. The molecule has 41 heavy (non-hydrogen) atoms. The molecule has 2 fully saturated rings. The number of benzene rings is 3. The summed E-state index contributed by atoms with van der Waals surface area (Å²) in [5.74, 6) is 0.638. The Morgan fingerprint density at radius 2 is 1.61 bits per heavy atom. The van der Waals surface area contributed by atoms with E-state index in [9.17, 15) is 4.79 Å². The molecule has 0 unspecified atom stereocenters. The van der Waals surface area contributed by atoms with E-state index in [1.165, 1.54) is 0 Å². The van der Waals surface area contributed by atoms with Crippen LogP contribution in [0, 0.1) is 0 Å². The molecule has 3 aromatic rings. The summed E-state index contributed by atoms with van der Waals surface area (Å²) >= 11 is 0. The average Bonchev–Trinajstić information content (AvgIpc) is 3.03. The summed E-state index contributed by atoms with van der Waals surface area (Å²) in [7, 11) is 1.60. The molecule has 0 bridgehead atoms. The highest BCUT2D eigenvalue weighted by Crippen LogP contribution is 2.38. The second kappa shape index (κ2) is 14.2. The zero-order chi connectivity index (χ0) is 28.4. The summed E-state index contributed by atoms with van der Waals surface area (Å²) < 4.78 is 42.4. The molecule has 2 saturated heterocycles. The molecule has 6 atom stereocenters. The number of ether oxygens (including phenoxy) is 7. The number of para-hydroxylation sites is 1. The van der Waals surface area contributed by atoms with Crippen LogP contribution in [0.25, 0.3) is 0 Å². The van der Waals surface area contributed by atoms with Crippen molar-refractivity contribution >= 4 is 6.09 Å². The van der Waals surface area contributed by atoms with E-state index in [4.69, 9.17) is 33.2 Å². The lowest BCUT2D eigenvalue weighted by molar-refractivity contribution is -0.349. The molecule has 2 aliphatic rings. The molecule has 0 spiro atoms. The van der Waals surface area contributed by atoms with Gasteiger partial charge in [-0.25, -0.2) is 4.79 Å². The molecule has 216 valence electrons. The molecule has 0 radical (unpaired) electrons. The standard InChI is InChI=1S/C32H35NO8/c1-3-18-36-29-27(33-32(34)39-20-23-14-8-5-9-15-23)31(37-19-22-12-6-4-7-13-22)40-26-21-38-30(41-28(26)29)24-16-10-11-17-25(24)35-2/h3-17,26-31H,1,18-21H2,2H3,(H,33,34)/t26-,27-,28-,29-,30-,31+/m1/s1. The number of carbonyl (C=O) groups excluding carboxylic acids is 1. The van der Waals surface area contributed by atoms with Crippen molar-refractivity contribution in [1.82, 2.24) is 5.32 Å². The number of fused-ring (bicyclic) bond motifs is 1. The molecule has 1 amide bonds. The Hall–Kier alpha value is -3.73. The van der Waals surface area contributed by atoms with E-state index in [1.54, 1.807) is 13.2 Å². The van der Waals surface area contributed by atoms with Crippen LogP contribution in [0.2, 0.25) is 0 Å². The van der Waals surface area contributed by atoms with Crippen LogP contribution in [0.1, 0.15) is 23.0 Å². The number of alkyl carbamates (subject to hydrolysis) is 1. The minimum absolute atomic E-state index is 0.111. The fraction of sp³-hybridized carbons (Fsp3) is 0.344. The first-order valence-electron chi connectivity index (χ1n) is 13.6. The fourth-order valence-electron chi connectivity index (χ4n) is 4.92. The van der Waals surface area contributed by atoms with Crippen LogP contribution in [0.3, 0.4) is 0 Å². The van der Waals surface area contributed by atoms with Crippen molar-refractivity contribution in [2.24, 2.45) is 0 Å². The maximum absolute atomic E-state index is 13.1. The SMILES string of the molecule is C=CCO[C@@H]1[C@@H](NC(=O)OCc2ccccc2)[C@@H](OCc2ccccc2)O[C@@H]2CO[C@@H](c3ccccc3OC)O[C@@H]12. The second-order valence-corrected chi connectivity index (χ2v) is 9.67. The van der Waals surface area contributed by atoms with Gasteiger partial charge in [-0.15, -0.1) is 6.58 Å². The highest BCUT2D eigenvalue weighted by molar-refractivity contribution is 5.67. The molecular formula is C32H35NO8. The molecule has 9 nitrogen and oxygen atoms in total. The average molecular weight is 562 g/mol. The van der Waals surface area contributed by atoms with Crippen LogP contribution >= 0.6 is 0 Å². The fourth-order valence-corrected chi connectivity index (χ4v) is 4.92. The second-order valence-electron chi connectivity index (χ2n) is 9.67. The van der Waals surface area contributed by atoms with Crippen LogP contribution in [0.5, 0.6) is 5.75 Å². The Morgan fingerprint density at radius 3 is 2.32 bits per heavy atom. The van der Waals surface area contributed by atoms with Gasteiger partial charge in [0.05, 0.1) is 26.9 Å². The van der Waals surface area contributed by atoms with E-state index >= 15 is 0 Å². The van der Waals surface area contributed by atoms with Gasteiger partial charge < -0.3 is 38.5 Å². The lowest BCUT2D eigenvalue weighted by Crippen LogP contribution is -2.67. The topological polar surface area (TPSA) is 93.7 Å². The van der Waals surface area contributed by atoms with Crippen LogP contribution < -0.4 is 10.1 Å². The smallest absolute Gasteiger partial charge is 0.407 e. The molecule has 5 rings (SSSR count). The van der Waals surface area contributed by atoms with E-state index in [0.717, 1.165) is 16.7 Å². The van der Waals surface area contributed by atoms with E-state index in [0.29, 0.717) is 5.75 Å². The first-order valence-corrected chi connectivity index (χ1v) is 13.6. The molecule has 2 aliphatic heterocycles. The summed E-state index contributed by atoms with van der Waals surface area (Å²) in [5, 5.41) is 2.93. The van der Waals surface area contributed by atoms with Crippen molar-refractivity contribution in [1.29, 1.82) is 0 Å². The van der Waals surface area contributed by atoms with Gasteiger partial charge in [0, 0.05) is 5.56 Å². The van der Waals surface area contributed by atoms with E-state index in [-0.39, 0.29) is 26.4 Å². The summed E-state index contributed by atoms with van der Waals surface area (Å²) in [4.78, 5) is 13.1. The molecule has 0 aromatic heterocycles. The molecular weight excluding hydrogens is 526 g/mol. The normalized spacial score (nSPS) is 25.5. The number of rotatable bonds is 11. The van der Waals surface area contributed by atoms with E-state index < -0.39 is 43.0 Å². The number of hydrogen-bond donors (Lipinski definition) is 1. The zero-order valence-electron chi connectivity index (χ0n) is 22.9. The third-order valence-corrected chi connectivity index (χ3v) is 6.89. The lowest BCUT2D eigenvalue weighted by atomic mass is 9.95. The third-order valence-electron chi connectivity index (χ3n) is 6.89. The van der Waals surface area contributed by atoms with Crippen LogP contribution in [-0.4, -0.2) is 57.1 Å². The minimum atomic E-state index is -0.870. The van der Waals surface area contributed by atoms with Gasteiger partial charge in [0.15, 0.2) is 12.6 Å². The lowest BCUT2D eigenvalue weighted by Gasteiger charge is -2.49. The van der Waals surface area contributed by atoms with Crippen molar-refractivity contribution in [2.75, 3.05) is 20.3 Å². The van der Waals surface area contributed by atoms with Gasteiger partial charge in [-0.05, 0) is 17.2 Å². The predicted molar refractivity (Wildman–Crippen MR) is 150 cm³/mol. The van der Waals surface area contributed by atoms with Crippen molar-refractivity contribution in [3.63, 3.8) is 0 Å². The van der Waals surface area contributed by atoms with Crippen molar-refractivity contribution in [2.45, 2.75) is 50.1 Å². The summed E-state index contributed by atoms with van der Waals surface area (Å²) in [6, 6.07) is 25.9. The predicted octanol–water partition coefficient (Wildman–Crippen LogP) is 4.92. The molecule has 9 heteroatoms. The van der Waals surface area contributed by atoms with Gasteiger partial charge >= 0.3 is 6.09 Å². The summed E-state index contributed by atoms with van der Waals surface area (Å²) in [5.41, 5.74) is 2.57. The highest BCUT2D eigenvalue weighted by atomic mass is 16.8. The van der Waals surface area contributed by atoms with Gasteiger partial charge in [-0.1, -0.05) is 84.9 Å². The van der Waals surface area contributed by atoms with Crippen molar-refractivity contribution < 1.29 is 38.0 Å². The largest absolute Gasteiger partial charge is 0.496 e. The van der Waals surface area contributed by atoms with Crippen LogP contribution in [0.15, 0.2) is 97.6 Å². The summed E-state index contributed by atoms with van der Waals surface area (Å²) in [6.07, 6.45) is -2.37. The monoisotopic (exact) mass is 561 g/mol. The molecule has 3 aromatic carbocycles. The summed E-state index contributed by atoms with van der Waals surface area (Å²) in [6.45, 7) is 4.61. The van der Waals surface area contributed by atoms with Crippen molar-refractivity contribution in [3.8, 4) is 5.75 Å². The maximum atomic E-state index is 13.1. The van der Waals surface area contributed by atoms with Crippen molar-refractivity contribution in [3.05, 3.63) is 114 Å². The number of methoxy groups -OCH3 is 1. The first-order chi connectivity index (χ1) is 20.2. The Kier molecular flexibility index (Phi) is 10.0. The highest BCUT2D eigenvalue weighted by Gasteiger charge is 2.52. The molecule has 2 heterocycles. The Morgan fingerprint density at radius 1 is 0.927 bits per heavy atom. The quantitative estimate of drug-likeness (QED) is 0.330. The number of carbonyl (C=O) groups is 1. The number of amides is 1. The van der Waals surface area contributed by atoms with Crippen LogP contribution in [0.4, 0.5) is 4.79 Å². The molecule has 0 aliphatic carbocycles. The number of nitrogens with one attached hydrogen (secondary N) is 1. The Balaban J connectivity index is 1.37. The Labute approximate surface area is 239 Å². The molecule has 1 N–H and O–H groups in total. The third kappa shape index (κ3) is 7.32. The van der Waals surface area contributed by atoms with Gasteiger partial charge in [0.25, 0.3) is 0 Å².